The number of hydrogen-bond donors (Lipinski definition) is 3. The number of halogens is 1. The Bertz CT molecular complexity index is 745. The fraction of sp³-hybridized carbons (Fsp3) is 0.619. The molecule has 0 radical (unpaired) electrons. The van der Waals surface area contributed by atoms with E-state index in [0.29, 0.717) is 18.0 Å². The van der Waals surface area contributed by atoms with Crippen molar-refractivity contribution < 1.29 is 13.7 Å². The van der Waals surface area contributed by atoms with Gasteiger partial charge in [-0.1, -0.05) is 19.4 Å². The van der Waals surface area contributed by atoms with Crippen molar-refractivity contribution in [3.05, 3.63) is 23.8 Å². The van der Waals surface area contributed by atoms with E-state index in [0.717, 1.165) is 49.5 Å². The Morgan fingerprint density at radius 1 is 1.30 bits per heavy atom. The van der Waals surface area contributed by atoms with Gasteiger partial charge < -0.3 is 20.7 Å². The average Bonchev–Trinajstić information content (AvgIpc) is 2.71. The Morgan fingerprint density at radius 2 is 2.07 bits per heavy atom. The Morgan fingerprint density at radius 3 is 2.70 bits per heavy atom. The Labute approximate surface area is 199 Å². The molecule has 0 spiro atoms. The van der Waals surface area contributed by atoms with Gasteiger partial charge in [0.05, 0.1) is 19.3 Å². The highest BCUT2D eigenvalue weighted by Gasteiger charge is 2.26. The minimum absolute atomic E-state index is 0. The minimum Gasteiger partial charge on any atom is -0.495 e. The summed E-state index contributed by atoms with van der Waals surface area (Å²) in [5, 5.41) is 9.88. The van der Waals surface area contributed by atoms with Crippen LogP contribution in [0.1, 0.15) is 52.0 Å². The maximum Gasteiger partial charge on any atom is 0.221 e. The SMILES string of the molecule is CCNC(=NCc1ccc(OC)c(NC(C)=O)c1)NC1CCCC(S(=O)CC)C1.I. The van der Waals surface area contributed by atoms with E-state index in [1.807, 2.05) is 32.0 Å². The molecular weight excluding hydrogens is 515 g/mol. The second kappa shape index (κ2) is 13.8. The first-order chi connectivity index (χ1) is 14.0. The van der Waals surface area contributed by atoms with Gasteiger partial charge in [0.15, 0.2) is 5.96 Å². The number of ether oxygens (including phenoxy) is 1. The van der Waals surface area contributed by atoms with Crippen LogP contribution in [0.15, 0.2) is 23.2 Å². The predicted octanol–water partition coefficient (Wildman–Crippen LogP) is 3.41. The number of benzene rings is 1. The third-order valence-corrected chi connectivity index (χ3v) is 6.70. The van der Waals surface area contributed by atoms with E-state index in [2.05, 4.69) is 16.0 Å². The van der Waals surface area contributed by atoms with Crippen molar-refractivity contribution in [1.29, 1.82) is 0 Å². The van der Waals surface area contributed by atoms with Gasteiger partial charge in [-0.2, -0.15) is 0 Å². The molecule has 1 saturated carbocycles. The van der Waals surface area contributed by atoms with E-state index in [1.165, 1.54) is 6.92 Å². The third kappa shape index (κ3) is 8.41. The summed E-state index contributed by atoms with van der Waals surface area (Å²) in [4.78, 5) is 16.1. The molecule has 1 amide bonds. The summed E-state index contributed by atoms with van der Waals surface area (Å²) >= 11 is 0. The predicted molar refractivity (Wildman–Crippen MR) is 135 cm³/mol. The molecule has 0 aliphatic heterocycles. The number of methoxy groups -OCH3 is 1. The van der Waals surface area contributed by atoms with Gasteiger partial charge in [-0.25, -0.2) is 4.99 Å². The van der Waals surface area contributed by atoms with Crippen LogP contribution < -0.4 is 20.7 Å². The summed E-state index contributed by atoms with van der Waals surface area (Å²) in [6.07, 6.45) is 4.12. The molecule has 1 aromatic carbocycles. The lowest BCUT2D eigenvalue weighted by atomic mass is 9.95. The van der Waals surface area contributed by atoms with Crippen LogP contribution in [0.25, 0.3) is 0 Å². The molecule has 170 valence electrons. The zero-order valence-corrected chi connectivity index (χ0v) is 21.5. The number of amides is 1. The number of anilines is 1. The van der Waals surface area contributed by atoms with Crippen LogP contribution in [0.2, 0.25) is 0 Å². The summed E-state index contributed by atoms with van der Waals surface area (Å²) in [6, 6.07) is 5.95. The highest BCUT2D eigenvalue weighted by atomic mass is 127. The summed E-state index contributed by atoms with van der Waals surface area (Å²) in [5.41, 5.74) is 1.61. The molecular formula is C21H35IN4O3S. The van der Waals surface area contributed by atoms with Crippen LogP contribution in [0.3, 0.4) is 0 Å². The largest absolute Gasteiger partial charge is 0.495 e. The highest BCUT2D eigenvalue weighted by molar-refractivity contribution is 14.0. The third-order valence-electron chi connectivity index (χ3n) is 4.96. The fourth-order valence-electron chi connectivity index (χ4n) is 3.58. The van der Waals surface area contributed by atoms with Crippen LogP contribution in [0.5, 0.6) is 5.75 Å². The van der Waals surface area contributed by atoms with E-state index in [1.54, 1.807) is 7.11 Å². The fourth-order valence-corrected chi connectivity index (χ4v) is 4.92. The number of carbonyl (C=O) groups is 1. The summed E-state index contributed by atoms with van der Waals surface area (Å²) < 4.78 is 17.5. The molecule has 1 aromatic rings. The number of aliphatic imine (C=N–C) groups is 1. The molecule has 3 unspecified atom stereocenters. The van der Waals surface area contributed by atoms with Gasteiger partial charge >= 0.3 is 0 Å². The van der Waals surface area contributed by atoms with Crippen LogP contribution in [-0.2, 0) is 22.1 Å². The summed E-state index contributed by atoms with van der Waals surface area (Å²) in [5.74, 6) is 1.96. The maximum atomic E-state index is 12.2. The molecule has 0 aromatic heterocycles. The first-order valence-electron chi connectivity index (χ1n) is 10.3. The van der Waals surface area contributed by atoms with Gasteiger partial charge in [-0.05, 0) is 43.9 Å². The highest BCUT2D eigenvalue weighted by Crippen LogP contribution is 2.26. The molecule has 3 N–H and O–H groups in total. The number of rotatable bonds is 8. The summed E-state index contributed by atoms with van der Waals surface area (Å²) in [6.45, 7) is 6.74. The Kier molecular flexibility index (Phi) is 12.3. The lowest BCUT2D eigenvalue weighted by Crippen LogP contribution is -2.46. The molecule has 3 atom stereocenters. The van der Waals surface area contributed by atoms with Crippen LogP contribution >= 0.6 is 24.0 Å². The lowest BCUT2D eigenvalue weighted by molar-refractivity contribution is -0.114. The van der Waals surface area contributed by atoms with E-state index >= 15 is 0 Å². The molecule has 0 heterocycles. The van der Waals surface area contributed by atoms with Crippen molar-refractivity contribution in [2.75, 3.05) is 24.7 Å². The minimum atomic E-state index is -0.744. The van der Waals surface area contributed by atoms with Crippen molar-refractivity contribution in [3.63, 3.8) is 0 Å². The Hall–Kier alpha value is -1.36. The number of nitrogens with zero attached hydrogens (tertiary/aromatic N) is 1. The molecule has 2 rings (SSSR count). The number of carbonyl (C=O) groups excluding carboxylic acids is 1. The normalized spacial score (nSPS) is 19.9. The van der Waals surface area contributed by atoms with Crippen LogP contribution in [0, 0.1) is 0 Å². The molecule has 7 nitrogen and oxygen atoms in total. The van der Waals surface area contributed by atoms with E-state index < -0.39 is 10.8 Å². The molecule has 9 heteroatoms. The maximum absolute atomic E-state index is 12.2. The van der Waals surface area contributed by atoms with Crippen molar-refractivity contribution in [2.24, 2.45) is 4.99 Å². The first-order valence-corrected chi connectivity index (χ1v) is 11.7. The van der Waals surface area contributed by atoms with Gasteiger partial charge in [0.2, 0.25) is 5.91 Å². The smallest absolute Gasteiger partial charge is 0.221 e. The number of guanidine groups is 1. The van der Waals surface area contributed by atoms with E-state index in [-0.39, 0.29) is 41.2 Å². The van der Waals surface area contributed by atoms with Gasteiger partial charge in [0, 0.05) is 41.3 Å². The molecule has 0 saturated heterocycles. The topological polar surface area (TPSA) is 91.8 Å². The van der Waals surface area contributed by atoms with Crippen molar-refractivity contribution in [2.45, 2.75) is 64.3 Å². The average molecular weight is 551 g/mol. The van der Waals surface area contributed by atoms with E-state index in [4.69, 9.17) is 9.73 Å². The monoisotopic (exact) mass is 550 g/mol. The quantitative estimate of drug-likeness (QED) is 0.262. The van der Waals surface area contributed by atoms with Crippen molar-refractivity contribution >= 4 is 52.3 Å². The molecule has 0 bridgehead atoms. The number of nitrogens with one attached hydrogen (secondary N) is 3. The Balaban J connectivity index is 0.00000450. The van der Waals surface area contributed by atoms with Crippen LogP contribution in [0.4, 0.5) is 5.69 Å². The van der Waals surface area contributed by atoms with Crippen molar-refractivity contribution in [3.8, 4) is 5.75 Å². The molecule has 1 aliphatic rings. The molecule has 1 fully saturated rings. The van der Waals surface area contributed by atoms with Gasteiger partial charge in [0.1, 0.15) is 5.75 Å². The molecule has 30 heavy (non-hydrogen) atoms. The lowest BCUT2D eigenvalue weighted by Gasteiger charge is -2.30. The molecule has 1 aliphatic carbocycles. The van der Waals surface area contributed by atoms with Crippen molar-refractivity contribution in [1.82, 2.24) is 10.6 Å². The van der Waals surface area contributed by atoms with Gasteiger partial charge in [0.25, 0.3) is 0 Å². The second-order valence-corrected chi connectivity index (χ2v) is 9.22. The zero-order chi connectivity index (χ0) is 21.2. The second-order valence-electron chi connectivity index (χ2n) is 7.21. The number of hydrogen-bond acceptors (Lipinski definition) is 4. The van der Waals surface area contributed by atoms with Gasteiger partial charge in [-0.3, -0.25) is 9.00 Å². The standard InChI is InChI=1S/C21H34N4O3S.HI/c1-5-22-21(25-17-8-7-9-18(13-17)29(27)6-2)23-14-16-10-11-20(28-4)19(12-16)24-15(3)26;/h10-12,17-18H,5-9,13-14H2,1-4H3,(H,24,26)(H2,22,23,25);1H. The summed E-state index contributed by atoms with van der Waals surface area (Å²) in [7, 11) is 0.834. The first kappa shape index (κ1) is 26.7. The van der Waals surface area contributed by atoms with E-state index in [9.17, 15) is 9.00 Å². The zero-order valence-electron chi connectivity index (χ0n) is 18.3. The van der Waals surface area contributed by atoms with Gasteiger partial charge in [-0.15, -0.1) is 24.0 Å². The van der Waals surface area contributed by atoms with Crippen LogP contribution in [-0.4, -0.2) is 46.8 Å².